The minimum Gasteiger partial charge on any atom is -0.491 e. The van der Waals surface area contributed by atoms with Gasteiger partial charge in [0.1, 0.15) is 24.7 Å². The first-order valence-corrected chi connectivity index (χ1v) is 12.1. The van der Waals surface area contributed by atoms with E-state index in [-0.39, 0.29) is 43.4 Å². The number of thiophene rings is 1. The first kappa shape index (κ1) is 23.7. The molecule has 0 bridgehead atoms. The highest BCUT2D eigenvalue weighted by molar-refractivity contribution is 7.10. The lowest BCUT2D eigenvalue weighted by Gasteiger charge is -2.37. The zero-order valence-corrected chi connectivity index (χ0v) is 19.9. The van der Waals surface area contributed by atoms with E-state index in [0.717, 1.165) is 17.5 Å². The maximum atomic E-state index is 13.6. The van der Waals surface area contributed by atoms with Gasteiger partial charge in [0, 0.05) is 29.6 Å². The van der Waals surface area contributed by atoms with Gasteiger partial charge in [-0.2, -0.15) is 0 Å². The Hall–Kier alpha value is -3.45. The summed E-state index contributed by atoms with van der Waals surface area (Å²) >= 11 is 1.66. The summed E-state index contributed by atoms with van der Waals surface area (Å²) < 4.78 is 19.5. The minimum atomic E-state index is -0.375. The van der Waals surface area contributed by atoms with Gasteiger partial charge in [0.05, 0.1) is 6.04 Å². The summed E-state index contributed by atoms with van der Waals surface area (Å²) in [6.45, 7) is 6.57. The number of hydrogen-bond donors (Lipinski definition) is 0. The molecule has 3 aromatic rings. The second-order valence-corrected chi connectivity index (χ2v) is 9.21. The Bertz CT molecular complexity index is 1190. The van der Waals surface area contributed by atoms with Gasteiger partial charge in [0.2, 0.25) is 5.91 Å². The van der Waals surface area contributed by atoms with E-state index >= 15 is 0 Å². The van der Waals surface area contributed by atoms with Crippen LogP contribution in [0.4, 0.5) is 4.39 Å². The fourth-order valence-corrected chi connectivity index (χ4v) is 5.15. The number of carbonyl (C=O) groups excluding carboxylic acids is 2. The summed E-state index contributed by atoms with van der Waals surface area (Å²) in [7, 11) is 0. The van der Waals surface area contributed by atoms with Crippen LogP contribution in [0.1, 0.15) is 32.4 Å². The highest BCUT2D eigenvalue weighted by Gasteiger charge is 2.33. The first-order valence-electron chi connectivity index (χ1n) is 11.2. The Morgan fingerprint density at radius 3 is 2.82 bits per heavy atom. The van der Waals surface area contributed by atoms with Crippen LogP contribution in [-0.2, 0) is 11.2 Å². The Morgan fingerprint density at radius 2 is 2.06 bits per heavy atom. The van der Waals surface area contributed by atoms with E-state index in [0.29, 0.717) is 17.9 Å². The molecule has 0 saturated carbocycles. The van der Waals surface area contributed by atoms with Crippen molar-refractivity contribution in [3.05, 3.63) is 100 Å². The molecule has 2 aromatic carbocycles. The molecule has 1 aliphatic rings. The van der Waals surface area contributed by atoms with Gasteiger partial charge < -0.3 is 14.5 Å². The van der Waals surface area contributed by atoms with E-state index in [2.05, 4.69) is 6.58 Å². The average Bonchev–Trinajstić information content (AvgIpc) is 3.31. The van der Waals surface area contributed by atoms with Gasteiger partial charge in [-0.1, -0.05) is 30.3 Å². The summed E-state index contributed by atoms with van der Waals surface area (Å²) in [6.07, 6.45) is 2.38. The van der Waals surface area contributed by atoms with Crippen molar-refractivity contribution in [2.24, 2.45) is 0 Å². The van der Waals surface area contributed by atoms with Crippen LogP contribution >= 0.6 is 11.3 Å². The topological polar surface area (TPSA) is 49.9 Å². The first-order chi connectivity index (χ1) is 16.5. The van der Waals surface area contributed by atoms with Gasteiger partial charge in [0.15, 0.2) is 0 Å². The molecule has 4 rings (SSSR count). The van der Waals surface area contributed by atoms with E-state index in [1.807, 2.05) is 36.6 Å². The lowest BCUT2D eigenvalue weighted by atomic mass is 10.00. The number of fused-ring (bicyclic) bond motifs is 1. The molecule has 0 unspecified atom stereocenters. The van der Waals surface area contributed by atoms with Crippen molar-refractivity contribution in [2.45, 2.75) is 19.4 Å². The van der Waals surface area contributed by atoms with E-state index in [1.165, 1.54) is 21.9 Å². The molecule has 5 nitrogen and oxygen atoms in total. The van der Waals surface area contributed by atoms with E-state index in [1.54, 1.807) is 40.5 Å². The fourth-order valence-electron chi connectivity index (χ4n) is 4.22. The van der Waals surface area contributed by atoms with Crippen LogP contribution < -0.4 is 4.74 Å². The molecule has 1 aromatic heterocycles. The summed E-state index contributed by atoms with van der Waals surface area (Å²) in [4.78, 5) is 31.2. The number of nitrogens with zero attached hydrogens (tertiary/aromatic N) is 2. The van der Waals surface area contributed by atoms with Crippen molar-refractivity contribution in [3.63, 3.8) is 0 Å². The molecule has 2 amide bonds. The molecule has 7 heteroatoms. The number of rotatable bonds is 8. The molecule has 176 valence electrons. The van der Waals surface area contributed by atoms with Crippen molar-refractivity contribution >= 4 is 23.2 Å². The van der Waals surface area contributed by atoms with Crippen molar-refractivity contribution in [3.8, 4) is 5.75 Å². The maximum absolute atomic E-state index is 13.6. The molecule has 34 heavy (non-hydrogen) atoms. The van der Waals surface area contributed by atoms with Crippen LogP contribution in [0.5, 0.6) is 5.75 Å². The normalized spacial score (nSPS) is 14.9. The predicted molar refractivity (Wildman–Crippen MR) is 132 cm³/mol. The Balaban J connectivity index is 1.53. The van der Waals surface area contributed by atoms with Crippen molar-refractivity contribution < 1.29 is 18.7 Å². The average molecular weight is 479 g/mol. The summed E-state index contributed by atoms with van der Waals surface area (Å²) in [6, 6.07) is 15.0. The van der Waals surface area contributed by atoms with Crippen LogP contribution in [0.2, 0.25) is 0 Å². The number of hydrogen-bond acceptors (Lipinski definition) is 4. The third-order valence-corrected chi connectivity index (χ3v) is 6.95. The Labute approximate surface area is 203 Å². The van der Waals surface area contributed by atoms with Crippen LogP contribution in [-0.4, -0.2) is 47.9 Å². The summed E-state index contributed by atoms with van der Waals surface area (Å²) in [5.74, 6) is -0.321. The molecule has 0 aliphatic carbocycles. The molecule has 2 heterocycles. The van der Waals surface area contributed by atoms with Crippen molar-refractivity contribution in [1.82, 2.24) is 9.80 Å². The lowest BCUT2D eigenvalue weighted by molar-refractivity contribution is -0.135. The van der Waals surface area contributed by atoms with E-state index < -0.39 is 0 Å². The zero-order valence-electron chi connectivity index (χ0n) is 19.1. The second-order valence-electron chi connectivity index (χ2n) is 8.21. The number of halogens is 1. The predicted octanol–water partition coefficient (Wildman–Crippen LogP) is 5.03. The SMILES string of the molecule is C=CCN(CC(=O)N1CCc2sccc2[C@@H]1COc1cccc(F)c1)C(=O)c1ccccc1C. The van der Waals surface area contributed by atoms with Crippen LogP contribution in [0.25, 0.3) is 0 Å². The highest BCUT2D eigenvalue weighted by Crippen LogP contribution is 2.34. The second kappa shape index (κ2) is 10.7. The molecule has 1 atom stereocenters. The quantitative estimate of drug-likeness (QED) is 0.427. The van der Waals surface area contributed by atoms with Crippen LogP contribution in [0, 0.1) is 12.7 Å². The van der Waals surface area contributed by atoms with Gasteiger partial charge in [-0.3, -0.25) is 9.59 Å². The molecule has 0 N–H and O–H groups in total. The number of benzene rings is 2. The third kappa shape index (κ3) is 5.20. The summed E-state index contributed by atoms with van der Waals surface area (Å²) in [5, 5.41) is 2.01. The molecule has 0 spiro atoms. The summed E-state index contributed by atoms with van der Waals surface area (Å²) in [5.41, 5.74) is 2.47. The standard InChI is InChI=1S/C27H27FN2O3S/c1-3-13-29(27(32)22-10-5-4-7-19(22)2)17-26(31)30-14-11-25-23(12-15-34-25)24(30)18-33-21-9-6-8-20(28)16-21/h3-10,12,15-16,24H,1,11,13-14,17-18H2,2H3/t24-/m0/s1. The molecule has 1 aliphatic heterocycles. The van der Waals surface area contributed by atoms with E-state index in [9.17, 15) is 14.0 Å². The zero-order chi connectivity index (χ0) is 24.1. The molecule has 0 fully saturated rings. The number of carbonyl (C=O) groups is 2. The molecule has 0 saturated heterocycles. The minimum absolute atomic E-state index is 0.0604. The van der Waals surface area contributed by atoms with Gasteiger partial charge in [-0.15, -0.1) is 17.9 Å². The Kier molecular flexibility index (Phi) is 7.43. The smallest absolute Gasteiger partial charge is 0.254 e. The largest absolute Gasteiger partial charge is 0.491 e. The van der Waals surface area contributed by atoms with Gasteiger partial charge >= 0.3 is 0 Å². The number of ether oxygens (including phenoxy) is 1. The lowest BCUT2D eigenvalue weighted by Crippen LogP contribution is -2.48. The Morgan fingerprint density at radius 1 is 1.24 bits per heavy atom. The molecular weight excluding hydrogens is 451 g/mol. The van der Waals surface area contributed by atoms with Crippen molar-refractivity contribution in [2.75, 3.05) is 26.2 Å². The van der Waals surface area contributed by atoms with Crippen LogP contribution in [0.15, 0.2) is 72.6 Å². The molecular formula is C27H27FN2O3S. The third-order valence-electron chi connectivity index (χ3n) is 5.96. The molecule has 0 radical (unpaired) electrons. The number of aryl methyl sites for hydroxylation is 1. The maximum Gasteiger partial charge on any atom is 0.254 e. The monoisotopic (exact) mass is 478 g/mol. The number of amides is 2. The fraction of sp³-hybridized carbons (Fsp3) is 0.259. The van der Waals surface area contributed by atoms with Gasteiger partial charge in [0.25, 0.3) is 5.91 Å². The van der Waals surface area contributed by atoms with E-state index in [4.69, 9.17) is 4.74 Å². The van der Waals surface area contributed by atoms with Gasteiger partial charge in [-0.05, 0) is 54.1 Å². The van der Waals surface area contributed by atoms with Crippen LogP contribution in [0.3, 0.4) is 0 Å². The van der Waals surface area contributed by atoms with Crippen molar-refractivity contribution in [1.29, 1.82) is 0 Å². The highest BCUT2D eigenvalue weighted by atomic mass is 32.1. The van der Waals surface area contributed by atoms with Gasteiger partial charge in [-0.25, -0.2) is 4.39 Å².